The average molecular weight is 719 g/mol. The summed E-state index contributed by atoms with van der Waals surface area (Å²) >= 11 is 0. The lowest BCUT2D eigenvalue weighted by atomic mass is 10.1. The lowest BCUT2D eigenvalue weighted by Crippen LogP contribution is -2.43. The summed E-state index contributed by atoms with van der Waals surface area (Å²) in [5.41, 5.74) is -1.48. The number of H-pyrrole nitrogens is 1. The molecule has 0 saturated carbocycles. The van der Waals surface area contributed by atoms with Gasteiger partial charge in [0.2, 0.25) is 0 Å². The molecule has 1 fully saturated rings. The lowest BCUT2D eigenvalue weighted by molar-refractivity contribution is -0.0604. The number of nitrogens with one attached hydrogen (secondary N) is 1. The van der Waals surface area contributed by atoms with E-state index in [0.29, 0.717) is 5.56 Å². The van der Waals surface area contributed by atoms with Gasteiger partial charge in [0.05, 0.1) is 12.8 Å². The molecule has 4 aromatic rings. The third-order valence-electron chi connectivity index (χ3n) is 6.62. The van der Waals surface area contributed by atoms with Gasteiger partial charge in [0.15, 0.2) is 18.4 Å². The number of hydrogen-bond donors (Lipinski definition) is 3. The van der Waals surface area contributed by atoms with Crippen molar-refractivity contribution >= 4 is 27.7 Å². The number of hydrogen-bond acceptors (Lipinski definition) is 13. The van der Waals surface area contributed by atoms with Crippen molar-refractivity contribution in [3.63, 3.8) is 0 Å². The Balaban J connectivity index is 1.42. The Kier molecular flexibility index (Phi) is 11.3. The molecule has 17 nitrogen and oxygen atoms in total. The molecule has 2 unspecified atom stereocenters. The number of carbonyl (C=O) groups is 2. The van der Waals surface area contributed by atoms with Crippen molar-refractivity contribution in [3.05, 3.63) is 130 Å². The number of nitrogens with zero attached hydrogens (tertiary/aromatic N) is 1. The van der Waals surface area contributed by atoms with Crippen molar-refractivity contribution in [2.24, 2.45) is 0 Å². The highest BCUT2D eigenvalue weighted by Gasteiger charge is 2.52. The summed E-state index contributed by atoms with van der Waals surface area (Å²) in [5.74, 6) is 0.117. The van der Waals surface area contributed by atoms with Gasteiger partial charge in [-0.1, -0.05) is 66.7 Å². The van der Waals surface area contributed by atoms with E-state index in [9.17, 15) is 38.1 Å². The fourth-order valence-corrected chi connectivity index (χ4v) is 7.31. The number of benzene rings is 3. The van der Waals surface area contributed by atoms with Crippen LogP contribution in [0.1, 0.15) is 11.8 Å². The smallest absolute Gasteiger partial charge is 0.424 e. The summed E-state index contributed by atoms with van der Waals surface area (Å²) in [4.78, 5) is 73.1. The van der Waals surface area contributed by atoms with Crippen LogP contribution in [0.2, 0.25) is 0 Å². The zero-order valence-corrected chi connectivity index (χ0v) is 26.9. The lowest BCUT2D eigenvalue weighted by Gasteiger charge is -2.24. The summed E-state index contributed by atoms with van der Waals surface area (Å²) in [6.07, 6.45) is -9.14. The Morgan fingerprint density at radius 2 is 1.31 bits per heavy atom. The molecule has 49 heavy (non-hydrogen) atoms. The Morgan fingerprint density at radius 1 is 0.776 bits per heavy atom. The predicted molar refractivity (Wildman–Crippen MR) is 167 cm³/mol. The van der Waals surface area contributed by atoms with Gasteiger partial charge in [-0.05, 0) is 29.8 Å². The summed E-state index contributed by atoms with van der Waals surface area (Å²) < 4.78 is 63.0. The van der Waals surface area contributed by atoms with Crippen LogP contribution >= 0.6 is 15.4 Å². The van der Waals surface area contributed by atoms with Gasteiger partial charge in [0.1, 0.15) is 17.6 Å². The van der Waals surface area contributed by atoms with E-state index >= 15 is 0 Å². The van der Waals surface area contributed by atoms with Crippen LogP contribution in [0.3, 0.4) is 0 Å². The highest BCUT2D eigenvalue weighted by Crippen LogP contribution is 2.61. The summed E-state index contributed by atoms with van der Waals surface area (Å²) in [5, 5.41) is 0. The van der Waals surface area contributed by atoms with Crippen LogP contribution in [0, 0.1) is 0 Å². The number of para-hydroxylation sites is 2. The van der Waals surface area contributed by atoms with E-state index in [1.165, 1.54) is 36.4 Å². The van der Waals surface area contributed by atoms with E-state index in [2.05, 4.69) is 4.31 Å². The Labute approximate surface area is 276 Å². The fraction of sp³-hybridized carbons (Fsp3) is 0.200. The number of carbonyl (C=O) groups excluding carboxylic acids is 2. The van der Waals surface area contributed by atoms with Crippen molar-refractivity contribution in [1.82, 2.24) is 9.55 Å². The molecule has 0 bridgehead atoms. The van der Waals surface area contributed by atoms with Crippen LogP contribution in [-0.4, -0.2) is 56.6 Å². The van der Waals surface area contributed by atoms with Gasteiger partial charge in [0, 0.05) is 12.3 Å². The fourth-order valence-electron chi connectivity index (χ4n) is 4.60. The van der Waals surface area contributed by atoms with Crippen LogP contribution < -0.4 is 20.7 Å². The molecule has 1 saturated heterocycles. The van der Waals surface area contributed by atoms with E-state index in [4.69, 9.17) is 28.2 Å². The van der Waals surface area contributed by atoms with Crippen LogP contribution in [0.5, 0.6) is 11.5 Å². The molecule has 3 aromatic carbocycles. The van der Waals surface area contributed by atoms with E-state index in [-0.39, 0.29) is 11.5 Å². The van der Waals surface area contributed by atoms with Gasteiger partial charge in [-0.15, -0.1) is 0 Å². The highest BCUT2D eigenvalue weighted by molar-refractivity contribution is 7.63. The second-order valence-corrected chi connectivity index (χ2v) is 13.6. The molecule has 258 valence electrons. The van der Waals surface area contributed by atoms with Gasteiger partial charge in [-0.3, -0.25) is 23.4 Å². The first-order valence-electron chi connectivity index (χ1n) is 14.3. The molecule has 1 aromatic heterocycles. The largest absolute Gasteiger partial charge is 0.514 e. The van der Waals surface area contributed by atoms with Crippen LogP contribution in [0.25, 0.3) is 0 Å². The van der Waals surface area contributed by atoms with Crippen molar-refractivity contribution in [1.29, 1.82) is 0 Å². The number of phosphoric ester groups is 1. The molecule has 0 radical (unpaired) electrons. The summed E-state index contributed by atoms with van der Waals surface area (Å²) in [6.45, 7) is -0.995. The van der Waals surface area contributed by atoms with Crippen molar-refractivity contribution in [3.8, 4) is 11.5 Å². The van der Waals surface area contributed by atoms with Crippen LogP contribution in [0.4, 0.5) is 9.59 Å². The SMILES string of the molecule is O=C(Oc1ccccc1)O[C@@H]1[C@H](OC(=O)Oc2ccccc2)[C@@H](COP(=O)(O)OP(=O)(O)Cc2ccccc2)O[C@H]1n1ccc(=O)[nH]c1=O. The maximum absolute atomic E-state index is 12.9. The maximum atomic E-state index is 12.9. The maximum Gasteiger partial charge on any atom is 0.514 e. The Bertz CT molecular complexity index is 1960. The number of rotatable bonds is 12. The number of aromatic nitrogens is 2. The molecule has 1 aliphatic heterocycles. The molecule has 1 aliphatic rings. The Morgan fingerprint density at radius 3 is 1.86 bits per heavy atom. The molecule has 0 aliphatic carbocycles. The second kappa shape index (κ2) is 15.6. The van der Waals surface area contributed by atoms with Crippen LogP contribution in [0.15, 0.2) is 113 Å². The normalized spacial score (nSPS) is 21.1. The van der Waals surface area contributed by atoms with Gasteiger partial charge in [-0.25, -0.2) is 23.3 Å². The molecule has 5 rings (SSSR count). The molecule has 19 heteroatoms. The first-order chi connectivity index (χ1) is 23.4. The van der Waals surface area contributed by atoms with Crippen LogP contribution in [-0.2, 0) is 38.3 Å². The van der Waals surface area contributed by atoms with E-state index in [1.54, 1.807) is 54.6 Å². The van der Waals surface area contributed by atoms with E-state index in [0.717, 1.165) is 16.8 Å². The first-order valence-corrected chi connectivity index (χ1v) is 17.5. The molecule has 2 heterocycles. The monoisotopic (exact) mass is 718 g/mol. The molecule has 0 spiro atoms. The molecule has 3 N–H and O–H groups in total. The highest BCUT2D eigenvalue weighted by atomic mass is 31.3. The van der Waals surface area contributed by atoms with Gasteiger partial charge >= 0.3 is 33.4 Å². The molecule has 6 atom stereocenters. The Hall–Kier alpha value is -4.86. The second-order valence-electron chi connectivity index (χ2n) is 10.2. The third-order valence-corrected chi connectivity index (χ3v) is 9.71. The molecular weight excluding hydrogens is 690 g/mol. The number of phosphoric acid groups is 1. The third kappa shape index (κ3) is 10.1. The topological polar surface area (TPSA) is 228 Å². The van der Waals surface area contributed by atoms with Crippen molar-refractivity contribution in [2.75, 3.05) is 6.61 Å². The minimum Gasteiger partial charge on any atom is -0.424 e. The van der Waals surface area contributed by atoms with Crippen molar-refractivity contribution in [2.45, 2.75) is 30.7 Å². The quantitative estimate of drug-likeness (QED) is 0.106. The average Bonchev–Trinajstić information content (AvgIpc) is 3.36. The van der Waals surface area contributed by atoms with Gasteiger partial charge in [-0.2, -0.15) is 0 Å². The zero-order chi connectivity index (χ0) is 35.0. The predicted octanol–water partition coefficient (Wildman–Crippen LogP) is 4.12. The van der Waals surface area contributed by atoms with Gasteiger partial charge < -0.3 is 33.5 Å². The summed E-state index contributed by atoms with van der Waals surface area (Å²) in [7, 11) is -10.1. The summed E-state index contributed by atoms with van der Waals surface area (Å²) in [6, 6.07) is 24.1. The molecular formula is C30H28N2O15P2. The van der Waals surface area contributed by atoms with E-state index in [1.807, 2.05) is 4.98 Å². The zero-order valence-electron chi connectivity index (χ0n) is 25.1. The minimum atomic E-state index is -5.33. The number of aromatic amines is 1. The van der Waals surface area contributed by atoms with Gasteiger partial charge in [0.25, 0.3) is 5.56 Å². The van der Waals surface area contributed by atoms with Crippen molar-refractivity contribution < 1.29 is 61.0 Å². The number of ether oxygens (including phenoxy) is 5. The first kappa shape index (κ1) is 35.4. The standard InChI is InChI=1S/C30H28N2O15P2/c33-24-16-17-32(28(34)31-24)27-26(46-30(36)43-22-14-8-3-9-15-22)25(45-29(35)42-21-12-6-2-7-13-21)23(44-27)18-41-49(39,40)47-48(37,38)19-20-10-4-1-5-11-20/h1-17,23,25-27H,18-19H2,(H,37,38)(H,39,40)(H,31,33,34)/t23-,25-,26-,27-/m1/s1. The molecule has 0 amide bonds. The minimum absolute atomic E-state index is 0.0546. The van der Waals surface area contributed by atoms with E-state index < -0.39 is 76.3 Å².